The molecule has 0 atom stereocenters. The van der Waals surface area contributed by atoms with Gasteiger partial charge in [0.1, 0.15) is 0 Å². The van der Waals surface area contributed by atoms with Gasteiger partial charge in [-0.25, -0.2) is 0 Å². The van der Waals surface area contributed by atoms with Gasteiger partial charge in [0.2, 0.25) is 0 Å². The number of fused-ring (bicyclic) bond motifs is 10. The molecule has 0 saturated carbocycles. The van der Waals surface area contributed by atoms with E-state index in [0.29, 0.717) is 0 Å². The van der Waals surface area contributed by atoms with Crippen molar-refractivity contribution < 1.29 is 0 Å². The van der Waals surface area contributed by atoms with Crippen LogP contribution in [0, 0.1) is 0 Å². The van der Waals surface area contributed by atoms with Crippen LogP contribution in [0.15, 0.2) is 231 Å². The Bertz CT molecular complexity index is 3590. The van der Waals surface area contributed by atoms with Crippen molar-refractivity contribution in [1.82, 2.24) is 4.57 Å². The lowest BCUT2D eigenvalue weighted by molar-refractivity contribution is 1.18. The average Bonchev–Trinajstić information content (AvgIpc) is 3.65. The highest BCUT2D eigenvalue weighted by Gasteiger charge is 2.19. The molecule has 0 spiro atoms. The topological polar surface area (TPSA) is 8.17 Å². The molecule has 0 bridgehead atoms. The summed E-state index contributed by atoms with van der Waals surface area (Å²) < 4.78 is 2.38. The van der Waals surface area contributed by atoms with Gasteiger partial charge in [0.15, 0.2) is 0 Å². The first-order valence-electron chi connectivity index (χ1n) is 20.7. The van der Waals surface area contributed by atoms with E-state index in [2.05, 4.69) is 240 Å². The van der Waals surface area contributed by atoms with E-state index in [1.807, 2.05) is 0 Å². The second-order valence-electron chi connectivity index (χ2n) is 15.7. The van der Waals surface area contributed by atoms with E-state index in [1.165, 1.54) is 87.1 Å². The van der Waals surface area contributed by atoms with Gasteiger partial charge in [0.05, 0.1) is 11.0 Å². The Labute approximate surface area is 348 Å². The second-order valence-corrected chi connectivity index (χ2v) is 15.7. The van der Waals surface area contributed by atoms with Crippen molar-refractivity contribution in [1.29, 1.82) is 0 Å². The van der Waals surface area contributed by atoms with E-state index in [0.717, 1.165) is 22.7 Å². The van der Waals surface area contributed by atoms with Crippen LogP contribution in [0.4, 0.5) is 17.1 Å². The van der Waals surface area contributed by atoms with Crippen molar-refractivity contribution in [3.63, 3.8) is 0 Å². The first-order valence-corrected chi connectivity index (χ1v) is 20.7. The molecule has 0 unspecified atom stereocenters. The van der Waals surface area contributed by atoms with E-state index in [9.17, 15) is 0 Å². The van der Waals surface area contributed by atoms with E-state index in [1.54, 1.807) is 0 Å². The van der Waals surface area contributed by atoms with Crippen molar-refractivity contribution in [2.45, 2.75) is 0 Å². The van der Waals surface area contributed by atoms with Crippen LogP contribution in [0.25, 0.3) is 92.8 Å². The number of nitrogens with zero attached hydrogens (tertiary/aromatic N) is 2. The molecule has 1 heterocycles. The Morgan fingerprint density at radius 1 is 0.267 bits per heavy atom. The Kier molecular flexibility index (Phi) is 7.89. The van der Waals surface area contributed by atoms with Gasteiger partial charge >= 0.3 is 0 Å². The molecule has 12 rings (SSSR count). The molecule has 280 valence electrons. The zero-order chi connectivity index (χ0) is 39.6. The minimum Gasteiger partial charge on any atom is -0.310 e. The summed E-state index contributed by atoms with van der Waals surface area (Å²) in [7, 11) is 0. The van der Waals surface area contributed by atoms with Crippen LogP contribution in [-0.2, 0) is 0 Å². The van der Waals surface area contributed by atoms with Crippen LogP contribution in [0.5, 0.6) is 0 Å². The largest absolute Gasteiger partial charge is 0.310 e. The summed E-state index contributed by atoms with van der Waals surface area (Å²) in [6.07, 6.45) is 0. The molecule has 0 aliphatic carbocycles. The van der Waals surface area contributed by atoms with Crippen LogP contribution < -0.4 is 4.90 Å². The summed E-state index contributed by atoms with van der Waals surface area (Å²) in [5.74, 6) is 0. The van der Waals surface area contributed by atoms with Gasteiger partial charge < -0.3 is 9.47 Å². The molecule has 0 aliphatic heterocycles. The number of aromatic nitrogens is 1. The van der Waals surface area contributed by atoms with E-state index in [-0.39, 0.29) is 0 Å². The number of rotatable bonds is 6. The molecule has 0 N–H and O–H groups in total. The number of anilines is 3. The summed E-state index contributed by atoms with van der Waals surface area (Å²) in [4.78, 5) is 2.42. The molecule has 11 aromatic carbocycles. The molecule has 2 heteroatoms. The highest BCUT2D eigenvalue weighted by Crippen LogP contribution is 2.43. The number of hydrogen-bond donors (Lipinski definition) is 0. The third-order valence-corrected chi connectivity index (χ3v) is 12.3. The number of benzene rings is 11. The lowest BCUT2D eigenvalue weighted by atomic mass is 9.91. The predicted octanol–water partition coefficient (Wildman–Crippen LogP) is 16.2. The minimum atomic E-state index is 1.10. The van der Waals surface area contributed by atoms with Crippen molar-refractivity contribution >= 4 is 82.0 Å². The summed E-state index contributed by atoms with van der Waals surface area (Å²) in [6.45, 7) is 0. The monoisotopic (exact) mass is 762 g/mol. The molecule has 12 aromatic rings. The SMILES string of the molecule is c1ccc(-c2cccc(N(c3cccc(-c4ccc5ccc6ccc7ccc8ccccc8c7c6c5c4)c3)c3ccc4c(c3)c3ccccc3n4-c3ccccc3)c2)cc1. The van der Waals surface area contributed by atoms with Crippen LogP contribution >= 0.6 is 0 Å². The first kappa shape index (κ1) is 34.1. The molecular weight excluding hydrogens is 725 g/mol. The van der Waals surface area contributed by atoms with Gasteiger partial charge in [-0.1, -0.05) is 164 Å². The Morgan fingerprint density at radius 2 is 0.767 bits per heavy atom. The molecule has 1 aromatic heterocycles. The quantitative estimate of drug-likeness (QED) is 0.153. The van der Waals surface area contributed by atoms with Gasteiger partial charge in [0.25, 0.3) is 0 Å². The molecule has 60 heavy (non-hydrogen) atoms. The Hall–Kier alpha value is -7.94. The Morgan fingerprint density at radius 3 is 1.50 bits per heavy atom. The fraction of sp³-hybridized carbons (Fsp3) is 0. The fourth-order valence-electron chi connectivity index (χ4n) is 9.50. The third kappa shape index (κ3) is 5.57. The summed E-state index contributed by atoms with van der Waals surface area (Å²) in [5, 5.41) is 12.6. The molecule has 0 saturated heterocycles. The summed E-state index contributed by atoms with van der Waals surface area (Å²) >= 11 is 0. The van der Waals surface area contributed by atoms with Crippen LogP contribution in [0.1, 0.15) is 0 Å². The standard InChI is InChI=1S/C58H38N2/c1-3-13-39(14-4-1)44-16-11-20-48(35-44)59(50-33-34-56-54(38-50)52-23-9-10-24-55(52)60(56)47-18-5-2-6-19-47)49-21-12-17-45(36-49)46-32-27-41-26-29-43-31-30-42-28-25-40-15-7-8-22-51(40)57(42)58(43)53(41)37-46/h1-38H. The highest BCUT2D eigenvalue weighted by atomic mass is 15.1. The number of para-hydroxylation sites is 2. The first-order chi connectivity index (χ1) is 29.7. The lowest BCUT2D eigenvalue weighted by Gasteiger charge is -2.27. The zero-order valence-corrected chi connectivity index (χ0v) is 32.8. The maximum Gasteiger partial charge on any atom is 0.0542 e. The van der Waals surface area contributed by atoms with Gasteiger partial charge in [-0.15, -0.1) is 0 Å². The van der Waals surface area contributed by atoms with Crippen molar-refractivity contribution in [3.05, 3.63) is 231 Å². The smallest absolute Gasteiger partial charge is 0.0542 e. The van der Waals surface area contributed by atoms with Gasteiger partial charge in [-0.2, -0.15) is 0 Å². The van der Waals surface area contributed by atoms with E-state index < -0.39 is 0 Å². The highest BCUT2D eigenvalue weighted by molar-refractivity contribution is 6.27. The minimum absolute atomic E-state index is 1.10. The maximum atomic E-state index is 2.42. The van der Waals surface area contributed by atoms with E-state index >= 15 is 0 Å². The molecule has 0 fully saturated rings. The normalized spacial score (nSPS) is 11.7. The second kappa shape index (κ2) is 13.9. The molecule has 0 aliphatic rings. The summed E-state index contributed by atoms with van der Waals surface area (Å²) in [5.41, 5.74) is 11.6. The van der Waals surface area contributed by atoms with Crippen molar-refractivity contribution in [3.8, 4) is 27.9 Å². The van der Waals surface area contributed by atoms with Crippen LogP contribution in [0.3, 0.4) is 0 Å². The maximum absolute atomic E-state index is 2.42. The molecule has 2 nitrogen and oxygen atoms in total. The van der Waals surface area contributed by atoms with Crippen LogP contribution in [-0.4, -0.2) is 4.57 Å². The lowest BCUT2D eigenvalue weighted by Crippen LogP contribution is -2.10. The van der Waals surface area contributed by atoms with Crippen LogP contribution in [0.2, 0.25) is 0 Å². The van der Waals surface area contributed by atoms with Gasteiger partial charge in [-0.05, 0) is 132 Å². The fourth-order valence-corrected chi connectivity index (χ4v) is 9.50. The van der Waals surface area contributed by atoms with Gasteiger partial charge in [0, 0.05) is 33.5 Å². The average molecular weight is 763 g/mol. The number of hydrogen-bond acceptors (Lipinski definition) is 1. The zero-order valence-electron chi connectivity index (χ0n) is 32.8. The van der Waals surface area contributed by atoms with E-state index in [4.69, 9.17) is 0 Å². The molecule has 0 amide bonds. The van der Waals surface area contributed by atoms with Crippen molar-refractivity contribution in [2.75, 3.05) is 4.90 Å². The predicted molar refractivity (Wildman–Crippen MR) is 256 cm³/mol. The van der Waals surface area contributed by atoms with Crippen molar-refractivity contribution in [2.24, 2.45) is 0 Å². The summed E-state index contributed by atoms with van der Waals surface area (Å²) in [6, 6.07) is 84.3. The van der Waals surface area contributed by atoms with Gasteiger partial charge in [-0.3, -0.25) is 0 Å². The molecule has 0 radical (unpaired) electrons. The third-order valence-electron chi connectivity index (χ3n) is 12.3. The Balaban J connectivity index is 1.06. The molecular formula is C58H38N2.